The van der Waals surface area contributed by atoms with E-state index >= 15 is 0 Å². The van der Waals surface area contributed by atoms with Crippen molar-refractivity contribution in [2.45, 2.75) is 27.2 Å². The summed E-state index contributed by atoms with van der Waals surface area (Å²) in [4.78, 5) is 11.1. The Kier molecular flexibility index (Phi) is 4.03. The van der Waals surface area contributed by atoms with Crippen LogP contribution in [0.15, 0.2) is 29.4 Å². The van der Waals surface area contributed by atoms with E-state index in [4.69, 9.17) is 0 Å². The molecule has 0 fully saturated rings. The highest BCUT2D eigenvalue weighted by Gasteiger charge is 2.01. The maximum Gasteiger partial charge on any atom is 0.175 e. The fourth-order valence-electron chi connectivity index (χ4n) is 1.17. The molecule has 0 aliphatic heterocycles. The van der Waals surface area contributed by atoms with E-state index in [1.807, 2.05) is 38.1 Å². The molecule has 0 spiro atoms. The molecule has 1 aromatic rings. The minimum Gasteiger partial charge on any atom is -0.293 e. The molecule has 80 valence electrons. The number of hydrogen-bond acceptors (Lipinski definition) is 3. The quantitative estimate of drug-likeness (QED) is 0.605. The van der Waals surface area contributed by atoms with Gasteiger partial charge in [-0.2, -0.15) is 5.10 Å². The summed E-state index contributed by atoms with van der Waals surface area (Å²) in [7, 11) is 0. The number of benzene rings is 1. The molecule has 0 heterocycles. The Morgan fingerprint density at radius 3 is 2.40 bits per heavy atom. The second-order valence-electron chi connectivity index (χ2n) is 3.45. The van der Waals surface area contributed by atoms with E-state index in [-0.39, 0.29) is 5.78 Å². The van der Waals surface area contributed by atoms with Gasteiger partial charge < -0.3 is 0 Å². The molecule has 0 saturated heterocycles. The van der Waals surface area contributed by atoms with Gasteiger partial charge in [-0.3, -0.25) is 10.2 Å². The number of rotatable bonds is 4. The van der Waals surface area contributed by atoms with Crippen molar-refractivity contribution in [3.8, 4) is 0 Å². The number of hydrogen-bond donors (Lipinski definition) is 1. The van der Waals surface area contributed by atoms with Crippen molar-refractivity contribution in [3.05, 3.63) is 29.8 Å². The molecule has 0 radical (unpaired) electrons. The largest absolute Gasteiger partial charge is 0.293 e. The van der Waals surface area contributed by atoms with Crippen molar-refractivity contribution in [2.24, 2.45) is 5.10 Å². The first-order valence-electron chi connectivity index (χ1n) is 5.03. The predicted molar refractivity (Wildman–Crippen MR) is 63.2 cm³/mol. The van der Waals surface area contributed by atoms with Gasteiger partial charge in [0.2, 0.25) is 0 Å². The van der Waals surface area contributed by atoms with Crippen molar-refractivity contribution >= 4 is 17.2 Å². The summed E-state index contributed by atoms with van der Waals surface area (Å²) >= 11 is 0. The highest BCUT2D eigenvalue weighted by atomic mass is 16.1. The van der Waals surface area contributed by atoms with Crippen LogP contribution in [0.1, 0.15) is 25.8 Å². The van der Waals surface area contributed by atoms with Gasteiger partial charge in [0.15, 0.2) is 5.78 Å². The van der Waals surface area contributed by atoms with Gasteiger partial charge in [-0.15, -0.1) is 0 Å². The van der Waals surface area contributed by atoms with Crippen LogP contribution in [0.25, 0.3) is 0 Å². The Balaban J connectivity index is 2.70. The van der Waals surface area contributed by atoms with Crippen LogP contribution in [0.5, 0.6) is 0 Å². The van der Waals surface area contributed by atoms with Crippen LogP contribution in [0.3, 0.4) is 0 Å². The molecular weight excluding hydrogens is 188 g/mol. The second-order valence-corrected chi connectivity index (χ2v) is 3.45. The number of nitrogens with one attached hydrogen (secondary N) is 1. The summed E-state index contributed by atoms with van der Waals surface area (Å²) < 4.78 is 0. The monoisotopic (exact) mass is 204 g/mol. The Labute approximate surface area is 90.2 Å². The molecule has 0 atom stereocenters. The maximum absolute atomic E-state index is 11.1. The minimum absolute atomic E-state index is 0.0112. The molecule has 0 aliphatic rings. The van der Waals surface area contributed by atoms with Gasteiger partial charge in [0.1, 0.15) is 5.71 Å². The van der Waals surface area contributed by atoms with Gasteiger partial charge in [0, 0.05) is 6.92 Å². The van der Waals surface area contributed by atoms with Gasteiger partial charge in [0.25, 0.3) is 0 Å². The van der Waals surface area contributed by atoms with Crippen LogP contribution in [0.4, 0.5) is 5.69 Å². The second kappa shape index (κ2) is 5.29. The lowest BCUT2D eigenvalue weighted by atomic mass is 10.2. The highest BCUT2D eigenvalue weighted by molar-refractivity contribution is 6.38. The van der Waals surface area contributed by atoms with Crippen molar-refractivity contribution < 1.29 is 4.79 Å². The molecule has 3 nitrogen and oxygen atoms in total. The topological polar surface area (TPSA) is 41.5 Å². The molecule has 1 rings (SSSR count). The number of aryl methyl sites for hydroxylation is 1. The average Bonchev–Trinajstić information content (AvgIpc) is 2.21. The molecule has 1 N–H and O–H groups in total. The summed E-state index contributed by atoms with van der Waals surface area (Å²) in [5.74, 6) is 0.0112. The lowest BCUT2D eigenvalue weighted by Gasteiger charge is -2.02. The van der Waals surface area contributed by atoms with Crippen LogP contribution in [0, 0.1) is 6.92 Å². The Morgan fingerprint density at radius 2 is 1.93 bits per heavy atom. The van der Waals surface area contributed by atoms with Crippen molar-refractivity contribution in [1.82, 2.24) is 0 Å². The summed E-state index contributed by atoms with van der Waals surface area (Å²) in [6.07, 6.45) is 0.647. The standard InChI is InChI=1S/C12H16N2O/c1-4-12(10(3)15)14-13-11-7-5-9(2)6-8-11/h5-8,13H,4H2,1-3H3. The third-order valence-electron chi connectivity index (χ3n) is 2.11. The SMILES string of the molecule is CCC(=NNc1ccc(C)cc1)C(C)=O. The molecular formula is C12H16N2O. The van der Waals surface area contributed by atoms with Crippen LogP contribution < -0.4 is 5.43 Å². The number of carbonyl (C=O) groups excluding carboxylic acids is 1. The molecule has 3 heteroatoms. The first-order chi connectivity index (χ1) is 7.13. The average molecular weight is 204 g/mol. The first-order valence-corrected chi connectivity index (χ1v) is 5.03. The number of hydrazone groups is 1. The predicted octanol–water partition coefficient (Wildman–Crippen LogP) is 2.76. The Hall–Kier alpha value is -1.64. The molecule has 0 saturated carbocycles. The van der Waals surface area contributed by atoms with Crippen LogP contribution in [0.2, 0.25) is 0 Å². The van der Waals surface area contributed by atoms with E-state index in [1.54, 1.807) is 0 Å². The molecule has 0 amide bonds. The lowest BCUT2D eigenvalue weighted by Crippen LogP contribution is -2.10. The van der Waals surface area contributed by atoms with Crippen LogP contribution in [-0.2, 0) is 4.79 Å². The van der Waals surface area contributed by atoms with Crippen molar-refractivity contribution in [2.75, 3.05) is 5.43 Å². The zero-order valence-electron chi connectivity index (χ0n) is 9.37. The highest BCUT2D eigenvalue weighted by Crippen LogP contribution is 2.08. The minimum atomic E-state index is 0.0112. The van der Waals surface area contributed by atoms with E-state index < -0.39 is 0 Å². The van der Waals surface area contributed by atoms with Crippen LogP contribution in [-0.4, -0.2) is 11.5 Å². The third kappa shape index (κ3) is 3.54. The van der Waals surface area contributed by atoms with E-state index in [9.17, 15) is 4.79 Å². The summed E-state index contributed by atoms with van der Waals surface area (Å²) in [5.41, 5.74) is 5.53. The zero-order chi connectivity index (χ0) is 11.3. The first kappa shape index (κ1) is 11.4. The number of ketones is 1. The van der Waals surface area contributed by atoms with E-state index in [0.29, 0.717) is 12.1 Å². The zero-order valence-corrected chi connectivity index (χ0v) is 9.37. The summed E-state index contributed by atoms with van der Waals surface area (Å²) in [6.45, 7) is 5.47. The molecule has 0 aliphatic carbocycles. The summed E-state index contributed by atoms with van der Waals surface area (Å²) in [6, 6.07) is 7.87. The number of carbonyl (C=O) groups is 1. The lowest BCUT2D eigenvalue weighted by molar-refractivity contribution is -0.111. The molecule has 0 aromatic heterocycles. The van der Waals surface area contributed by atoms with Gasteiger partial charge in [-0.1, -0.05) is 24.6 Å². The fourth-order valence-corrected chi connectivity index (χ4v) is 1.17. The number of nitrogens with zero attached hydrogens (tertiary/aromatic N) is 1. The van der Waals surface area contributed by atoms with E-state index in [1.165, 1.54) is 12.5 Å². The van der Waals surface area contributed by atoms with E-state index in [2.05, 4.69) is 10.5 Å². The molecule has 0 bridgehead atoms. The Morgan fingerprint density at radius 1 is 1.33 bits per heavy atom. The van der Waals surface area contributed by atoms with Crippen molar-refractivity contribution in [1.29, 1.82) is 0 Å². The normalized spacial score (nSPS) is 11.3. The van der Waals surface area contributed by atoms with Gasteiger partial charge in [-0.25, -0.2) is 0 Å². The number of Topliss-reactive ketones (excluding diaryl/α,β-unsaturated/α-hetero) is 1. The van der Waals surface area contributed by atoms with Crippen LogP contribution >= 0.6 is 0 Å². The van der Waals surface area contributed by atoms with E-state index in [0.717, 1.165) is 5.69 Å². The molecule has 15 heavy (non-hydrogen) atoms. The molecule has 1 aromatic carbocycles. The number of anilines is 1. The maximum atomic E-state index is 11.1. The Bertz CT molecular complexity index is 366. The van der Waals surface area contributed by atoms with Gasteiger partial charge in [-0.05, 0) is 25.5 Å². The van der Waals surface area contributed by atoms with Crippen molar-refractivity contribution in [3.63, 3.8) is 0 Å². The fraction of sp³-hybridized carbons (Fsp3) is 0.333. The molecule has 0 unspecified atom stereocenters. The summed E-state index contributed by atoms with van der Waals surface area (Å²) in [5, 5.41) is 4.06. The van der Waals surface area contributed by atoms with Gasteiger partial charge >= 0.3 is 0 Å². The van der Waals surface area contributed by atoms with Gasteiger partial charge in [0.05, 0.1) is 5.69 Å². The smallest absolute Gasteiger partial charge is 0.175 e. The third-order valence-corrected chi connectivity index (χ3v) is 2.11.